The highest BCUT2D eigenvalue weighted by atomic mass is 16.1. The summed E-state index contributed by atoms with van der Waals surface area (Å²) in [5.41, 5.74) is 0. The van der Waals surface area contributed by atoms with Crippen LogP contribution in [0.1, 0.15) is 46.0 Å². The molecule has 88 valence electrons. The van der Waals surface area contributed by atoms with Gasteiger partial charge in [-0.3, -0.25) is 4.79 Å². The third-order valence-corrected chi connectivity index (χ3v) is 3.30. The van der Waals surface area contributed by atoms with E-state index in [1.165, 1.54) is 25.7 Å². The molecule has 0 aromatic heterocycles. The lowest BCUT2D eigenvalue weighted by Crippen LogP contribution is -2.35. The number of hydrogen-bond acceptors (Lipinski definition) is 2. The number of carbonyl (C=O) groups is 1. The zero-order valence-electron chi connectivity index (χ0n) is 10.0. The lowest BCUT2D eigenvalue weighted by molar-refractivity contribution is -0.120. The van der Waals surface area contributed by atoms with Gasteiger partial charge in [0.1, 0.15) is 0 Å². The van der Waals surface area contributed by atoms with Crippen LogP contribution in [0.2, 0.25) is 0 Å². The summed E-state index contributed by atoms with van der Waals surface area (Å²) < 4.78 is 0. The predicted octanol–water partition coefficient (Wildman–Crippen LogP) is 1.68. The van der Waals surface area contributed by atoms with E-state index in [0.29, 0.717) is 12.5 Å². The van der Waals surface area contributed by atoms with Gasteiger partial charge < -0.3 is 10.6 Å². The Morgan fingerprint density at radius 1 is 1.40 bits per heavy atom. The van der Waals surface area contributed by atoms with Crippen molar-refractivity contribution in [2.45, 2.75) is 52.0 Å². The molecule has 1 amide bonds. The van der Waals surface area contributed by atoms with Crippen LogP contribution in [0.15, 0.2) is 0 Å². The van der Waals surface area contributed by atoms with Crippen LogP contribution in [0.5, 0.6) is 0 Å². The summed E-state index contributed by atoms with van der Waals surface area (Å²) in [6, 6.07) is 0.571. The highest BCUT2D eigenvalue weighted by molar-refractivity contribution is 5.75. The maximum absolute atomic E-state index is 11.2. The Balaban J connectivity index is 2.05. The van der Waals surface area contributed by atoms with Gasteiger partial charge in [0.15, 0.2) is 0 Å². The van der Waals surface area contributed by atoms with E-state index in [-0.39, 0.29) is 5.91 Å². The SMILES string of the molecule is CCNC(=O)CCN[C@H](C)C1CCCC1. The molecule has 0 bridgehead atoms. The summed E-state index contributed by atoms with van der Waals surface area (Å²) in [7, 11) is 0. The first-order chi connectivity index (χ1) is 7.24. The molecular weight excluding hydrogens is 188 g/mol. The first kappa shape index (κ1) is 12.5. The molecule has 0 unspecified atom stereocenters. The zero-order chi connectivity index (χ0) is 11.1. The molecule has 3 heteroatoms. The predicted molar refractivity (Wildman–Crippen MR) is 62.7 cm³/mol. The first-order valence-electron chi connectivity index (χ1n) is 6.24. The summed E-state index contributed by atoms with van der Waals surface area (Å²) in [5.74, 6) is 0.989. The van der Waals surface area contributed by atoms with Crippen molar-refractivity contribution < 1.29 is 4.79 Å². The van der Waals surface area contributed by atoms with E-state index in [1.54, 1.807) is 0 Å². The van der Waals surface area contributed by atoms with Crippen molar-refractivity contribution in [3.05, 3.63) is 0 Å². The summed E-state index contributed by atoms with van der Waals surface area (Å²) in [4.78, 5) is 11.2. The molecule has 1 aliphatic carbocycles. The van der Waals surface area contributed by atoms with Crippen molar-refractivity contribution in [2.75, 3.05) is 13.1 Å². The summed E-state index contributed by atoms with van der Waals surface area (Å²) in [6.45, 7) is 5.74. The van der Waals surface area contributed by atoms with E-state index in [9.17, 15) is 4.79 Å². The Kier molecular flexibility index (Phi) is 5.69. The molecule has 0 spiro atoms. The van der Waals surface area contributed by atoms with Gasteiger partial charge in [-0.05, 0) is 32.6 Å². The molecule has 0 aromatic carbocycles. The topological polar surface area (TPSA) is 41.1 Å². The molecule has 1 aliphatic rings. The van der Waals surface area contributed by atoms with E-state index in [0.717, 1.165) is 19.0 Å². The average Bonchev–Trinajstić information content (AvgIpc) is 2.70. The molecule has 1 saturated carbocycles. The van der Waals surface area contributed by atoms with Gasteiger partial charge in [-0.1, -0.05) is 12.8 Å². The smallest absolute Gasteiger partial charge is 0.221 e. The Morgan fingerprint density at radius 3 is 2.67 bits per heavy atom. The Hall–Kier alpha value is -0.570. The van der Waals surface area contributed by atoms with Crippen molar-refractivity contribution in [3.63, 3.8) is 0 Å². The van der Waals surface area contributed by atoms with Crippen LogP contribution >= 0.6 is 0 Å². The number of nitrogens with one attached hydrogen (secondary N) is 2. The molecule has 0 aromatic rings. The third kappa shape index (κ3) is 4.65. The molecule has 0 radical (unpaired) electrons. The van der Waals surface area contributed by atoms with Crippen LogP contribution in [0.25, 0.3) is 0 Å². The highest BCUT2D eigenvalue weighted by Gasteiger charge is 2.20. The van der Waals surface area contributed by atoms with Crippen LogP contribution < -0.4 is 10.6 Å². The fourth-order valence-corrected chi connectivity index (χ4v) is 2.32. The maximum Gasteiger partial charge on any atom is 0.221 e. The molecule has 3 nitrogen and oxygen atoms in total. The molecule has 2 N–H and O–H groups in total. The second kappa shape index (κ2) is 6.83. The molecule has 0 heterocycles. The van der Waals surface area contributed by atoms with Crippen LogP contribution in [0.3, 0.4) is 0 Å². The van der Waals surface area contributed by atoms with Crippen molar-refractivity contribution in [3.8, 4) is 0 Å². The Morgan fingerprint density at radius 2 is 2.07 bits per heavy atom. The highest BCUT2D eigenvalue weighted by Crippen LogP contribution is 2.27. The fourth-order valence-electron chi connectivity index (χ4n) is 2.32. The first-order valence-corrected chi connectivity index (χ1v) is 6.24. The van der Waals surface area contributed by atoms with Gasteiger partial charge in [-0.25, -0.2) is 0 Å². The Bertz CT molecular complexity index is 188. The van der Waals surface area contributed by atoms with Gasteiger partial charge in [-0.2, -0.15) is 0 Å². The minimum absolute atomic E-state index is 0.156. The van der Waals surface area contributed by atoms with Crippen molar-refractivity contribution in [2.24, 2.45) is 5.92 Å². The van der Waals surface area contributed by atoms with Gasteiger partial charge in [0, 0.05) is 25.6 Å². The third-order valence-electron chi connectivity index (χ3n) is 3.30. The lowest BCUT2D eigenvalue weighted by Gasteiger charge is -2.20. The monoisotopic (exact) mass is 212 g/mol. The largest absolute Gasteiger partial charge is 0.356 e. The number of amides is 1. The second-order valence-electron chi connectivity index (χ2n) is 4.49. The molecular formula is C12H24N2O. The molecule has 0 aliphatic heterocycles. The molecule has 1 rings (SSSR count). The Labute approximate surface area is 93.0 Å². The van der Waals surface area contributed by atoms with Gasteiger partial charge in [0.2, 0.25) is 5.91 Å². The van der Waals surface area contributed by atoms with Crippen molar-refractivity contribution in [1.29, 1.82) is 0 Å². The van der Waals surface area contributed by atoms with E-state index in [1.807, 2.05) is 6.92 Å². The quantitative estimate of drug-likeness (QED) is 0.703. The van der Waals surface area contributed by atoms with Crippen LogP contribution in [0.4, 0.5) is 0 Å². The zero-order valence-corrected chi connectivity index (χ0v) is 10.0. The van der Waals surface area contributed by atoms with Crippen molar-refractivity contribution in [1.82, 2.24) is 10.6 Å². The van der Waals surface area contributed by atoms with Gasteiger partial charge >= 0.3 is 0 Å². The van der Waals surface area contributed by atoms with E-state index < -0.39 is 0 Å². The maximum atomic E-state index is 11.2. The minimum atomic E-state index is 0.156. The molecule has 0 saturated heterocycles. The summed E-state index contributed by atoms with van der Waals surface area (Å²) >= 11 is 0. The minimum Gasteiger partial charge on any atom is -0.356 e. The van der Waals surface area contributed by atoms with E-state index in [4.69, 9.17) is 0 Å². The number of carbonyl (C=O) groups excluding carboxylic acids is 1. The van der Waals surface area contributed by atoms with Crippen LogP contribution in [-0.4, -0.2) is 25.0 Å². The number of rotatable bonds is 6. The van der Waals surface area contributed by atoms with Crippen LogP contribution in [-0.2, 0) is 4.79 Å². The van der Waals surface area contributed by atoms with E-state index in [2.05, 4.69) is 17.6 Å². The summed E-state index contributed by atoms with van der Waals surface area (Å²) in [6.07, 6.45) is 6.08. The van der Waals surface area contributed by atoms with E-state index >= 15 is 0 Å². The molecule has 1 fully saturated rings. The standard InChI is InChI=1S/C12H24N2O/c1-3-13-12(15)8-9-14-10(2)11-6-4-5-7-11/h10-11,14H,3-9H2,1-2H3,(H,13,15)/t10-/m1/s1. The van der Waals surface area contributed by atoms with Gasteiger partial charge in [0.05, 0.1) is 0 Å². The normalized spacial score (nSPS) is 19.1. The van der Waals surface area contributed by atoms with Gasteiger partial charge in [-0.15, -0.1) is 0 Å². The van der Waals surface area contributed by atoms with Crippen LogP contribution in [0, 0.1) is 5.92 Å². The fraction of sp³-hybridized carbons (Fsp3) is 0.917. The lowest BCUT2D eigenvalue weighted by atomic mass is 10.00. The molecule has 1 atom stereocenters. The summed E-state index contributed by atoms with van der Waals surface area (Å²) in [5, 5.41) is 6.26. The van der Waals surface area contributed by atoms with Crippen molar-refractivity contribution >= 4 is 5.91 Å². The number of hydrogen-bond donors (Lipinski definition) is 2. The van der Waals surface area contributed by atoms with Gasteiger partial charge in [0.25, 0.3) is 0 Å². The average molecular weight is 212 g/mol. The molecule has 15 heavy (non-hydrogen) atoms. The second-order valence-corrected chi connectivity index (χ2v) is 4.49.